The highest BCUT2D eigenvalue weighted by Crippen LogP contribution is 2.23. The number of anilines is 1. The van der Waals surface area contributed by atoms with Crippen molar-refractivity contribution < 1.29 is 9.90 Å². The summed E-state index contributed by atoms with van der Waals surface area (Å²) in [6, 6.07) is 14.3. The lowest BCUT2D eigenvalue weighted by molar-refractivity contribution is 0.0946. The Hall–Kier alpha value is -2.49. The third kappa shape index (κ3) is 3.54. The van der Waals surface area contributed by atoms with E-state index in [1.54, 1.807) is 0 Å². The zero-order valence-corrected chi connectivity index (χ0v) is 12.3. The highest BCUT2D eigenvalue weighted by molar-refractivity contribution is 5.99. The van der Waals surface area contributed by atoms with Crippen LogP contribution in [0.5, 0.6) is 5.75 Å². The zero-order chi connectivity index (χ0) is 15.5. The summed E-state index contributed by atoms with van der Waals surface area (Å²) >= 11 is 0. The number of carbonyl (C=O) groups is 1. The SMILES string of the molecule is CC(C)(CNC(=O)c1cc(O)ccc1N)c1ccccc1. The van der Waals surface area contributed by atoms with E-state index in [1.807, 2.05) is 30.3 Å². The second-order valence-electron chi connectivity index (χ2n) is 5.70. The Kier molecular flexibility index (Phi) is 4.17. The molecule has 0 atom stereocenters. The number of rotatable bonds is 4. The zero-order valence-electron chi connectivity index (χ0n) is 12.3. The number of nitrogens with one attached hydrogen (secondary N) is 1. The standard InChI is InChI=1S/C17H20N2O2/c1-17(2,12-6-4-3-5-7-12)11-19-16(21)14-10-13(20)8-9-15(14)18/h3-10,20H,11,18H2,1-2H3,(H,19,21). The van der Waals surface area contributed by atoms with Gasteiger partial charge in [0.2, 0.25) is 0 Å². The maximum absolute atomic E-state index is 12.2. The molecule has 4 nitrogen and oxygen atoms in total. The van der Waals surface area contributed by atoms with Crippen LogP contribution in [0.4, 0.5) is 5.69 Å². The fraction of sp³-hybridized carbons (Fsp3) is 0.235. The number of benzene rings is 2. The van der Waals surface area contributed by atoms with Gasteiger partial charge in [-0.1, -0.05) is 44.2 Å². The predicted octanol–water partition coefficient (Wildman–Crippen LogP) is 2.68. The van der Waals surface area contributed by atoms with E-state index in [2.05, 4.69) is 19.2 Å². The van der Waals surface area contributed by atoms with E-state index in [-0.39, 0.29) is 17.1 Å². The minimum Gasteiger partial charge on any atom is -0.508 e. The fourth-order valence-electron chi connectivity index (χ4n) is 2.13. The van der Waals surface area contributed by atoms with E-state index in [0.717, 1.165) is 5.56 Å². The largest absolute Gasteiger partial charge is 0.508 e. The van der Waals surface area contributed by atoms with Crippen LogP contribution in [0.1, 0.15) is 29.8 Å². The smallest absolute Gasteiger partial charge is 0.253 e. The van der Waals surface area contributed by atoms with Gasteiger partial charge in [0.05, 0.1) is 5.56 Å². The van der Waals surface area contributed by atoms with Gasteiger partial charge in [0.25, 0.3) is 5.91 Å². The summed E-state index contributed by atoms with van der Waals surface area (Å²) in [5, 5.41) is 12.3. The Labute approximate surface area is 124 Å². The molecule has 0 spiro atoms. The number of nitrogen functional groups attached to an aromatic ring is 1. The molecule has 1 amide bonds. The van der Waals surface area contributed by atoms with Gasteiger partial charge in [-0.3, -0.25) is 4.79 Å². The molecule has 0 saturated carbocycles. The number of hydrogen-bond donors (Lipinski definition) is 3. The number of aromatic hydroxyl groups is 1. The van der Waals surface area contributed by atoms with E-state index >= 15 is 0 Å². The summed E-state index contributed by atoms with van der Waals surface area (Å²) in [6.45, 7) is 4.60. The summed E-state index contributed by atoms with van der Waals surface area (Å²) in [4.78, 5) is 12.2. The van der Waals surface area contributed by atoms with Crippen molar-refractivity contribution in [3.63, 3.8) is 0 Å². The van der Waals surface area contributed by atoms with Crippen LogP contribution in [-0.4, -0.2) is 17.6 Å². The molecular formula is C17H20N2O2. The first-order valence-electron chi connectivity index (χ1n) is 6.82. The van der Waals surface area contributed by atoms with Gasteiger partial charge in [-0.2, -0.15) is 0 Å². The van der Waals surface area contributed by atoms with E-state index in [4.69, 9.17) is 5.73 Å². The molecule has 0 aromatic heterocycles. The summed E-state index contributed by atoms with van der Waals surface area (Å²) in [7, 11) is 0. The van der Waals surface area contributed by atoms with Crippen molar-refractivity contribution >= 4 is 11.6 Å². The van der Waals surface area contributed by atoms with Crippen molar-refractivity contribution in [1.82, 2.24) is 5.32 Å². The molecule has 2 aromatic carbocycles. The molecule has 110 valence electrons. The minimum atomic E-state index is -0.285. The van der Waals surface area contributed by atoms with Gasteiger partial charge in [0.15, 0.2) is 0 Å². The van der Waals surface area contributed by atoms with E-state index < -0.39 is 0 Å². The number of phenols is 1. The van der Waals surface area contributed by atoms with Gasteiger partial charge >= 0.3 is 0 Å². The lowest BCUT2D eigenvalue weighted by atomic mass is 9.84. The Balaban J connectivity index is 2.09. The van der Waals surface area contributed by atoms with Gasteiger partial charge in [0, 0.05) is 17.6 Å². The molecule has 4 heteroatoms. The molecule has 0 aliphatic heterocycles. The summed E-state index contributed by atoms with van der Waals surface area (Å²) < 4.78 is 0. The second-order valence-corrected chi connectivity index (χ2v) is 5.70. The van der Waals surface area contributed by atoms with E-state index in [9.17, 15) is 9.90 Å². The molecule has 4 N–H and O–H groups in total. The molecular weight excluding hydrogens is 264 g/mol. The minimum absolute atomic E-state index is 0.0247. The monoisotopic (exact) mass is 284 g/mol. The molecule has 0 saturated heterocycles. The van der Waals surface area contributed by atoms with E-state index in [1.165, 1.54) is 18.2 Å². The van der Waals surface area contributed by atoms with Crippen LogP contribution < -0.4 is 11.1 Å². The van der Waals surface area contributed by atoms with Crippen molar-refractivity contribution in [2.75, 3.05) is 12.3 Å². The lowest BCUT2D eigenvalue weighted by Gasteiger charge is -2.25. The number of carbonyl (C=O) groups excluding carboxylic acids is 1. The van der Waals surface area contributed by atoms with Gasteiger partial charge in [-0.15, -0.1) is 0 Å². The van der Waals surface area contributed by atoms with Crippen molar-refractivity contribution in [3.8, 4) is 5.75 Å². The Bertz CT molecular complexity index is 636. The normalized spacial score (nSPS) is 11.1. The van der Waals surface area contributed by atoms with Crippen LogP contribution in [-0.2, 0) is 5.41 Å². The van der Waals surface area contributed by atoms with Crippen LogP contribution in [0.15, 0.2) is 48.5 Å². The summed E-state index contributed by atoms with van der Waals surface area (Å²) in [5.74, 6) is -0.260. The first-order valence-corrected chi connectivity index (χ1v) is 6.82. The summed E-state index contributed by atoms with van der Waals surface area (Å²) in [5.41, 5.74) is 7.36. The maximum Gasteiger partial charge on any atom is 0.253 e. The van der Waals surface area contributed by atoms with Crippen molar-refractivity contribution in [2.45, 2.75) is 19.3 Å². The molecule has 0 bridgehead atoms. The van der Waals surface area contributed by atoms with Gasteiger partial charge < -0.3 is 16.2 Å². The molecule has 21 heavy (non-hydrogen) atoms. The quantitative estimate of drug-likeness (QED) is 0.597. The summed E-state index contributed by atoms with van der Waals surface area (Å²) in [6.07, 6.45) is 0. The van der Waals surface area contributed by atoms with Crippen LogP contribution in [0.2, 0.25) is 0 Å². The van der Waals surface area contributed by atoms with Crippen LogP contribution in [0.3, 0.4) is 0 Å². The molecule has 0 radical (unpaired) electrons. The first kappa shape index (κ1) is 14.9. The van der Waals surface area contributed by atoms with Gasteiger partial charge in [0.1, 0.15) is 5.75 Å². The van der Waals surface area contributed by atoms with Crippen LogP contribution in [0, 0.1) is 0 Å². The van der Waals surface area contributed by atoms with Crippen LogP contribution in [0.25, 0.3) is 0 Å². The van der Waals surface area contributed by atoms with Crippen molar-refractivity contribution in [1.29, 1.82) is 0 Å². The topological polar surface area (TPSA) is 75.3 Å². The molecule has 2 rings (SSSR count). The first-order chi connectivity index (χ1) is 9.90. The number of phenolic OH excluding ortho intramolecular Hbond substituents is 1. The molecule has 0 aliphatic rings. The Morgan fingerprint density at radius 3 is 2.52 bits per heavy atom. The van der Waals surface area contributed by atoms with Gasteiger partial charge in [-0.25, -0.2) is 0 Å². The number of amides is 1. The molecule has 0 unspecified atom stereocenters. The molecule has 0 fully saturated rings. The highest BCUT2D eigenvalue weighted by Gasteiger charge is 2.22. The average Bonchev–Trinajstić information content (AvgIpc) is 2.48. The molecule has 0 aliphatic carbocycles. The second kappa shape index (κ2) is 5.87. The Morgan fingerprint density at radius 2 is 1.86 bits per heavy atom. The van der Waals surface area contributed by atoms with Crippen molar-refractivity contribution in [2.24, 2.45) is 0 Å². The number of hydrogen-bond acceptors (Lipinski definition) is 3. The average molecular weight is 284 g/mol. The van der Waals surface area contributed by atoms with Crippen LogP contribution >= 0.6 is 0 Å². The predicted molar refractivity (Wildman–Crippen MR) is 84.3 cm³/mol. The van der Waals surface area contributed by atoms with Crippen molar-refractivity contribution in [3.05, 3.63) is 59.7 Å². The Morgan fingerprint density at radius 1 is 1.19 bits per heavy atom. The fourth-order valence-corrected chi connectivity index (χ4v) is 2.13. The third-order valence-electron chi connectivity index (χ3n) is 3.53. The third-order valence-corrected chi connectivity index (χ3v) is 3.53. The van der Waals surface area contributed by atoms with Gasteiger partial charge in [-0.05, 0) is 23.8 Å². The highest BCUT2D eigenvalue weighted by atomic mass is 16.3. The molecule has 0 heterocycles. The number of nitrogens with two attached hydrogens (primary N) is 1. The van der Waals surface area contributed by atoms with E-state index in [0.29, 0.717) is 17.8 Å². The lowest BCUT2D eigenvalue weighted by Crippen LogP contribution is -2.36. The maximum atomic E-state index is 12.2. The molecule has 2 aromatic rings.